The summed E-state index contributed by atoms with van der Waals surface area (Å²) in [6.07, 6.45) is 0. The van der Waals surface area contributed by atoms with Crippen LogP contribution in [0.3, 0.4) is 0 Å². The van der Waals surface area contributed by atoms with E-state index in [9.17, 15) is 4.79 Å². The van der Waals surface area contributed by atoms with Crippen LogP contribution in [0.15, 0.2) is 24.3 Å². The number of amides is 1. The molecule has 0 atom stereocenters. The van der Waals surface area contributed by atoms with Crippen molar-refractivity contribution < 1.29 is 9.90 Å². The first-order valence-electron chi connectivity index (χ1n) is 3.43. The van der Waals surface area contributed by atoms with Gasteiger partial charge in [0.25, 0.3) is 5.24 Å². The van der Waals surface area contributed by atoms with Crippen LogP contribution < -0.4 is 5.32 Å². The van der Waals surface area contributed by atoms with Crippen molar-refractivity contribution in [2.45, 2.75) is 6.54 Å². The van der Waals surface area contributed by atoms with Gasteiger partial charge < -0.3 is 10.4 Å². The Balaban J connectivity index is 2.53. The molecule has 0 radical (unpaired) electrons. The Morgan fingerprint density at radius 3 is 2.50 bits per heavy atom. The molecule has 1 amide bonds. The van der Waals surface area contributed by atoms with Crippen LogP contribution in [0.4, 0.5) is 4.79 Å². The van der Waals surface area contributed by atoms with Gasteiger partial charge in [-0.2, -0.15) is 0 Å². The third kappa shape index (κ3) is 2.84. The van der Waals surface area contributed by atoms with Crippen LogP contribution in [-0.2, 0) is 6.54 Å². The summed E-state index contributed by atoms with van der Waals surface area (Å²) in [6, 6.07) is 6.61. The molecule has 1 aromatic carbocycles. The van der Waals surface area contributed by atoms with Crippen molar-refractivity contribution in [2.75, 3.05) is 0 Å². The molecule has 0 bridgehead atoms. The predicted octanol–water partition coefficient (Wildman–Crippen LogP) is 1.53. The van der Waals surface area contributed by atoms with Crippen LogP contribution in [0.25, 0.3) is 0 Å². The summed E-state index contributed by atoms with van der Waals surface area (Å²) >= 11 is 3.55. The van der Waals surface area contributed by atoms with Crippen molar-refractivity contribution >= 4 is 17.9 Å². The van der Waals surface area contributed by atoms with Crippen molar-refractivity contribution in [3.05, 3.63) is 29.8 Å². The van der Waals surface area contributed by atoms with Gasteiger partial charge in [0.1, 0.15) is 5.75 Å². The SMILES string of the molecule is O=C(S)NCc1ccc(O)cc1. The maximum absolute atomic E-state index is 10.4. The van der Waals surface area contributed by atoms with Gasteiger partial charge in [0.05, 0.1) is 0 Å². The lowest BCUT2D eigenvalue weighted by Gasteiger charge is -2.00. The van der Waals surface area contributed by atoms with Crippen LogP contribution in [0, 0.1) is 0 Å². The topological polar surface area (TPSA) is 49.3 Å². The predicted molar refractivity (Wildman–Crippen MR) is 49.3 cm³/mol. The number of hydrogen-bond acceptors (Lipinski definition) is 2. The van der Waals surface area contributed by atoms with Crippen molar-refractivity contribution in [3.63, 3.8) is 0 Å². The third-order valence-electron chi connectivity index (χ3n) is 1.38. The van der Waals surface area contributed by atoms with E-state index in [0.717, 1.165) is 5.56 Å². The Hall–Kier alpha value is -1.16. The van der Waals surface area contributed by atoms with Gasteiger partial charge in [-0.05, 0) is 17.7 Å². The summed E-state index contributed by atoms with van der Waals surface area (Å²) < 4.78 is 0. The van der Waals surface area contributed by atoms with Gasteiger partial charge in [0.15, 0.2) is 0 Å². The van der Waals surface area contributed by atoms with Crippen molar-refractivity contribution in [2.24, 2.45) is 0 Å². The van der Waals surface area contributed by atoms with E-state index in [4.69, 9.17) is 5.11 Å². The zero-order valence-corrected chi connectivity index (χ0v) is 7.21. The Kier molecular flexibility index (Phi) is 2.99. The van der Waals surface area contributed by atoms with E-state index < -0.39 is 0 Å². The number of carbonyl (C=O) groups is 1. The summed E-state index contributed by atoms with van der Waals surface area (Å²) in [6.45, 7) is 0.433. The summed E-state index contributed by atoms with van der Waals surface area (Å²) in [5.74, 6) is 0.218. The molecule has 0 aromatic heterocycles. The van der Waals surface area contributed by atoms with Gasteiger partial charge in [0.2, 0.25) is 0 Å². The fourth-order valence-corrected chi connectivity index (χ4v) is 0.871. The second-order valence-electron chi connectivity index (χ2n) is 2.33. The largest absolute Gasteiger partial charge is 0.508 e. The first-order chi connectivity index (χ1) is 5.68. The number of nitrogens with one attached hydrogen (secondary N) is 1. The molecule has 1 rings (SSSR count). The fraction of sp³-hybridized carbons (Fsp3) is 0.125. The van der Waals surface area contributed by atoms with E-state index in [1.54, 1.807) is 24.3 Å². The van der Waals surface area contributed by atoms with Crippen LogP contribution in [-0.4, -0.2) is 10.3 Å². The van der Waals surface area contributed by atoms with Gasteiger partial charge >= 0.3 is 0 Å². The Morgan fingerprint density at radius 2 is 2.00 bits per heavy atom. The summed E-state index contributed by atoms with van der Waals surface area (Å²) in [5.41, 5.74) is 0.926. The number of thiol groups is 1. The number of phenols is 1. The summed E-state index contributed by atoms with van der Waals surface area (Å²) in [7, 11) is 0. The smallest absolute Gasteiger partial charge is 0.276 e. The molecule has 0 saturated carbocycles. The van der Waals surface area contributed by atoms with E-state index in [0.29, 0.717) is 6.54 Å². The highest BCUT2D eigenvalue weighted by Gasteiger charge is 1.94. The molecule has 0 fully saturated rings. The highest BCUT2D eigenvalue weighted by molar-refractivity contribution is 7.96. The van der Waals surface area contributed by atoms with Crippen molar-refractivity contribution in [3.8, 4) is 5.75 Å². The average molecular weight is 183 g/mol. The second-order valence-corrected chi connectivity index (χ2v) is 2.73. The molecule has 0 aliphatic carbocycles. The molecule has 0 aliphatic rings. The second kappa shape index (κ2) is 4.01. The summed E-state index contributed by atoms with van der Waals surface area (Å²) in [5, 5.41) is 11.1. The minimum atomic E-state index is -0.358. The van der Waals surface area contributed by atoms with Gasteiger partial charge in [-0.1, -0.05) is 24.8 Å². The van der Waals surface area contributed by atoms with Crippen LogP contribution in [0.5, 0.6) is 5.75 Å². The lowest BCUT2D eigenvalue weighted by atomic mass is 10.2. The zero-order chi connectivity index (χ0) is 8.97. The highest BCUT2D eigenvalue weighted by atomic mass is 32.1. The normalized spacial score (nSPS) is 9.42. The Labute approximate surface area is 75.8 Å². The first-order valence-corrected chi connectivity index (χ1v) is 3.88. The lowest BCUT2D eigenvalue weighted by molar-refractivity contribution is 0.260. The van der Waals surface area contributed by atoms with Gasteiger partial charge in [0, 0.05) is 6.54 Å². The molecule has 12 heavy (non-hydrogen) atoms. The molecular weight excluding hydrogens is 174 g/mol. The molecule has 1 aromatic rings. The van der Waals surface area contributed by atoms with E-state index >= 15 is 0 Å². The standard InChI is InChI=1S/C8H9NO2S/c10-7-3-1-6(2-4-7)5-9-8(11)12/h1-4,10H,5H2,(H2,9,11,12). The highest BCUT2D eigenvalue weighted by Crippen LogP contribution is 2.09. The average Bonchev–Trinajstić information content (AvgIpc) is 2.03. The van der Waals surface area contributed by atoms with E-state index in [1.165, 1.54) is 0 Å². The van der Waals surface area contributed by atoms with Gasteiger partial charge in [-0.3, -0.25) is 4.79 Å². The summed E-state index contributed by atoms with van der Waals surface area (Å²) in [4.78, 5) is 10.4. The Morgan fingerprint density at radius 1 is 1.42 bits per heavy atom. The molecule has 0 spiro atoms. The maximum atomic E-state index is 10.4. The van der Waals surface area contributed by atoms with E-state index in [-0.39, 0.29) is 11.0 Å². The zero-order valence-electron chi connectivity index (χ0n) is 6.32. The van der Waals surface area contributed by atoms with Crippen molar-refractivity contribution in [1.29, 1.82) is 0 Å². The minimum Gasteiger partial charge on any atom is -0.508 e. The molecule has 4 heteroatoms. The van der Waals surface area contributed by atoms with Gasteiger partial charge in [-0.25, -0.2) is 0 Å². The van der Waals surface area contributed by atoms with Crippen molar-refractivity contribution in [1.82, 2.24) is 5.32 Å². The van der Waals surface area contributed by atoms with Crippen LogP contribution in [0.1, 0.15) is 5.56 Å². The number of carbonyl (C=O) groups excluding carboxylic acids is 1. The Bertz CT molecular complexity index is 271. The molecule has 0 unspecified atom stereocenters. The van der Waals surface area contributed by atoms with E-state index in [1.807, 2.05) is 0 Å². The molecule has 2 N–H and O–H groups in total. The quantitative estimate of drug-likeness (QED) is 0.609. The van der Waals surface area contributed by atoms with Crippen LogP contribution in [0.2, 0.25) is 0 Å². The number of phenolic OH excluding ortho intramolecular Hbond substituents is 1. The molecule has 0 saturated heterocycles. The lowest BCUT2D eigenvalue weighted by Crippen LogP contribution is -2.15. The van der Waals surface area contributed by atoms with Crippen LogP contribution >= 0.6 is 12.6 Å². The third-order valence-corrected chi connectivity index (χ3v) is 1.54. The molecule has 0 aliphatic heterocycles. The number of rotatable bonds is 2. The molecule has 0 heterocycles. The molecule has 3 nitrogen and oxygen atoms in total. The first kappa shape index (κ1) is 8.93. The minimum absolute atomic E-state index is 0.218. The number of aromatic hydroxyl groups is 1. The maximum Gasteiger partial charge on any atom is 0.276 e. The number of hydrogen-bond donors (Lipinski definition) is 3. The fourth-order valence-electron chi connectivity index (χ4n) is 0.791. The monoisotopic (exact) mass is 183 g/mol. The molecule has 64 valence electrons. The van der Waals surface area contributed by atoms with Gasteiger partial charge in [-0.15, -0.1) is 0 Å². The molecular formula is C8H9NO2S. The number of benzene rings is 1. The van der Waals surface area contributed by atoms with E-state index in [2.05, 4.69) is 17.9 Å².